The summed E-state index contributed by atoms with van der Waals surface area (Å²) in [5.74, 6) is -0.708. The van der Waals surface area contributed by atoms with Crippen molar-refractivity contribution in [1.29, 1.82) is 0 Å². The molecule has 4 aromatic rings. The summed E-state index contributed by atoms with van der Waals surface area (Å²) in [5.41, 5.74) is 4.61. The van der Waals surface area contributed by atoms with E-state index < -0.39 is 5.82 Å². The number of halogens is 1. The Labute approximate surface area is 168 Å². The van der Waals surface area contributed by atoms with Crippen LogP contribution in [0.1, 0.15) is 40.7 Å². The molecule has 6 heteroatoms. The van der Waals surface area contributed by atoms with Gasteiger partial charge in [0.2, 0.25) is 0 Å². The number of aromatic nitrogens is 3. The topological polar surface area (TPSA) is 59.3 Å². The highest BCUT2D eigenvalue weighted by molar-refractivity contribution is 6.04. The lowest BCUT2D eigenvalue weighted by molar-refractivity contribution is 0.102. The van der Waals surface area contributed by atoms with E-state index in [9.17, 15) is 9.18 Å². The second-order valence-electron chi connectivity index (χ2n) is 6.92. The number of nitrogens with zero attached hydrogens (tertiary/aromatic N) is 3. The van der Waals surface area contributed by atoms with Crippen molar-refractivity contribution in [2.45, 2.75) is 26.2 Å². The number of benzene rings is 1. The molecule has 0 fully saturated rings. The normalized spacial score (nSPS) is 11.0. The van der Waals surface area contributed by atoms with Crippen molar-refractivity contribution in [2.75, 3.05) is 5.32 Å². The van der Waals surface area contributed by atoms with Gasteiger partial charge in [-0.15, -0.1) is 0 Å². The minimum Gasteiger partial charge on any atom is -0.321 e. The van der Waals surface area contributed by atoms with E-state index in [1.807, 2.05) is 43.3 Å². The van der Waals surface area contributed by atoms with Crippen LogP contribution in [-0.4, -0.2) is 20.3 Å². The van der Waals surface area contributed by atoms with E-state index in [1.54, 1.807) is 18.5 Å². The zero-order valence-electron chi connectivity index (χ0n) is 16.1. The fraction of sp³-hybridized carbons (Fsp3) is 0.174. The number of hydrogen-bond donors (Lipinski definition) is 1. The first-order valence-corrected chi connectivity index (χ1v) is 9.59. The average Bonchev–Trinajstić information content (AvgIpc) is 3.08. The molecule has 5 nitrogen and oxygen atoms in total. The number of hydrogen-bond acceptors (Lipinski definition) is 3. The maximum absolute atomic E-state index is 13.7. The quantitative estimate of drug-likeness (QED) is 0.522. The van der Waals surface area contributed by atoms with Gasteiger partial charge in [0.25, 0.3) is 5.91 Å². The van der Waals surface area contributed by atoms with Crippen LogP contribution in [0.5, 0.6) is 0 Å². The second kappa shape index (κ2) is 8.22. The molecule has 0 aliphatic carbocycles. The molecule has 4 rings (SSSR count). The first-order valence-electron chi connectivity index (χ1n) is 9.59. The van der Waals surface area contributed by atoms with Gasteiger partial charge in [-0.25, -0.2) is 9.37 Å². The van der Waals surface area contributed by atoms with Gasteiger partial charge in [0.15, 0.2) is 0 Å². The monoisotopic (exact) mass is 388 g/mol. The van der Waals surface area contributed by atoms with Crippen molar-refractivity contribution < 1.29 is 9.18 Å². The summed E-state index contributed by atoms with van der Waals surface area (Å²) in [4.78, 5) is 21.5. The Balaban J connectivity index is 1.56. The molecule has 0 bridgehead atoms. The number of imidazole rings is 1. The Kier molecular flexibility index (Phi) is 5.33. The molecule has 0 spiro atoms. The van der Waals surface area contributed by atoms with Gasteiger partial charge < -0.3 is 5.32 Å². The largest absolute Gasteiger partial charge is 0.321 e. The minimum absolute atomic E-state index is 0.298. The number of aryl methyl sites for hydroxylation is 1. The van der Waals surface area contributed by atoms with Crippen LogP contribution in [0.4, 0.5) is 10.1 Å². The molecular weight excluding hydrogens is 367 g/mol. The molecule has 146 valence electrons. The number of pyridine rings is 2. The number of carbonyl (C=O) groups excluding carboxylic acids is 1. The molecule has 0 saturated heterocycles. The summed E-state index contributed by atoms with van der Waals surface area (Å²) >= 11 is 0. The minimum atomic E-state index is -0.410. The van der Waals surface area contributed by atoms with E-state index in [0.29, 0.717) is 29.1 Å². The number of fused-ring (bicyclic) bond motifs is 1. The molecule has 1 N–H and O–H groups in total. The van der Waals surface area contributed by atoms with Gasteiger partial charge in [-0.1, -0.05) is 25.5 Å². The molecular formula is C23H21FN4O. The standard InChI is InChI=1S/C23H21FN4O/c1-2-3-20-22(28-15-18(24)6-9-21(28)27-20)23(29)26-19-7-4-16(5-8-19)14-17-10-12-25-13-11-17/h4-13,15H,2-3,14H2,1H3,(H,26,29). The third kappa shape index (κ3) is 4.16. The fourth-order valence-electron chi connectivity index (χ4n) is 3.35. The summed E-state index contributed by atoms with van der Waals surface area (Å²) in [6.07, 6.45) is 7.14. The highest BCUT2D eigenvalue weighted by atomic mass is 19.1. The second-order valence-corrected chi connectivity index (χ2v) is 6.92. The molecule has 3 aromatic heterocycles. The van der Waals surface area contributed by atoms with Crippen LogP contribution in [-0.2, 0) is 12.8 Å². The summed E-state index contributed by atoms with van der Waals surface area (Å²) in [6, 6.07) is 14.6. The third-order valence-electron chi connectivity index (χ3n) is 4.73. The van der Waals surface area contributed by atoms with E-state index in [2.05, 4.69) is 15.3 Å². The molecule has 0 saturated carbocycles. The molecule has 29 heavy (non-hydrogen) atoms. The van der Waals surface area contributed by atoms with Crippen LogP contribution in [0, 0.1) is 5.82 Å². The van der Waals surface area contributed by atoms with Crippen LogP contribution < -0.4 is 5.32 Å². The van der Waals surface area contributed by atoms with Crippen LogP contribution in [0.3, 0.4) is 0 Å². The number of amides is 1. The highest BCUT2D eigenvalue weighted by Gasteiger charge is 2.19. The van der Waals surface area contributed by atoms with E-state index in [-0.39, 0.29) is 5.91 Å². The van der Waals surface area contributed by atoms with Gasteiger partial charge in [0.05, 0.1) is 5.69 Å². The Bertz CT molecular complexity index is 1140. The highest BCUT2D eigenvalue weighted by Crippen LogP contribution is 2.19. The van der Waals surface area contributed by atoms with Crippen molar-refractivity contribution in [3.05, 3.63) is 95.5 Å². The molecule has 0 radical (unpaired) electrons. The maximum atomic E-state index is 13.7. The van der Waals surface area contributed by atoms with E-state index in [4.69, 9.17) is 0 Å². The Morgan fingerprint density at radius 2 is 1.76 bits per heavy atom. The molecule has 3 heterocycles. The zero-order valence-corrected chi connectivity index (χ0v) is 16.1. The molecule has 1 amide bonds. The fourth-order valence-corrected chi connectivity index (χ4v) is 3.35. The Morgan fingerprint density at radius 3 is 2.48 bits per heavy atom. The predicted octanol–water partition coefficient (Wildman–Crippen LogP) is 4.66. The van der Waals surface area contributed by atoms with Crippen molar-refractivity contribution >= 4 is 17.2 Å². The summed E-state index contributed by atoms with van der Waals surface area (Å²) in [6.45, 7) is 2.02. The molecule has 0 unspecified atom stereocenters. The van der Waals surface area contributed by atoms with E-state index in [1.165, 1.54) is 22.2 Å². The van der Waals surface area contributed by atoms with E-state index >= 15 is 0 Å². The summed E-state index contributed by atoms with van der Waals surface area (Å²) in [5, 5.41) is 2.91. The molecule has 0 atom stereocenters. The van der Waals surface area contributed by atoms with Crippen LogP contribution in [0.2, 0.25) is 0 Å². The van der Waals surface area contributed by atoms with Crippen molar-refractivity contribution in [1.82, 2.24) is 14.4 Å². The van der Waals surface area contributed by atoms with Gasteiger partial charge in [0.1, 0.15) is 17.2 Å². The van der Waals surface area contributed by atoms with Crippen LogP contribution >= 0.6 is 0 Å². The van der Waals surface area contributed by atoms with Crippen LogP contribution in [0.25, 0.3) is 5.65 Å². The van der Waals surface area contributed by atoms with Crippen molar-refractivity contribution in [3.63, 3.8) is 0 Å². The average molecular weight is 388 g/mol. The first kappa shape index (κ1) is 18.8. The van der Waals surface area contributed by atoms with Crippen molar-refractivity contribution in [2.24, 2.45) is 0 Å². The van der Waals surface area contributed by atoms with E-state index in [0.717, 1.165) is 18.4 Å². The number of carbonyl (C=O) groups is 1. The predicted molar refractivity (Wildman–Crippen MR) is 111 cm³/mol. The summed E-state index contributed by atoms with van der Waals surface area (Å²) < 4.78 is 15.3. The number of rotatable bonds is 6. The van der Waals surface area contributed by atoms with Crippen LogP contribution in [0.15, 0.2) is 67.1 Å². The SMILES string of the molecule is CCCc1nc2ccc(F)cn2c1C(=O)Nc1ccc(Cc2ccncc2)cc1. The lowest BCUT2D eigenvalue weighted by atomic mass is 10.1. The van der Waals surface area contributed by atoms with Gasteiger partial charge in [0, 0.05) is 24.3 Å². The third-order valence-corrected chi connectivity index (χ3v) is 4.73. The zero-order chi connectivity index (χ0) is 20.2. The number of nitrogens with one attached hydrogen (secondary N) is 1. The molecule has 0 aliphatic heterocycles. The first-order chi connectivity index (χ1) is 14.1. The van der Waals surface area contributed by atoms with Crippen molar-refractivity contribution in [3.8, 4) is 0 Å². The molecule has 1 aromatic carbocycles. The lowest BCUT2D eigenvalue weighted by Crippen LogP contribution is -2.16. The van der Waals surface area contributed by atoms with Gasteiger partial charge in [-0.3, -0.25) is 14.2 Å². The Hall–Kier alpha value is -3.54. The smallest absolute Gasteiger partial charge is 0.274 e. The number of anilines is 1. The summed E-state index contributed by atoms with van der Waals surface area (Å²) in [7, 11) is 0. The molecule has 0 aliphatic rings. The lowest BCUT2D eigenvalue weighted by Gasteiger charge is -2.08. The Morgan fingerprint density at radius 1 is 1.03 bits per heavy atom. The maximum Gasteiger partial charge on any atom is 0.274 e. The van der Waals surface area contributed by atoms with Gasteiger partial charge in [-0.05, 0) is 60.4 Å². The van der Waals surface area contributed by atoms with Gasteiger partial charge in [-0.2, -0.15) is 0 Å². The van der Waals surface area contributed by atoms with Gasteiger partial charge >= 0.3 is 0 Å².